The summed E-state index contributed by atoms with van der Waals surface area (Å²) in [4.78, 5) is 0. The molecule has 86 valence electrons. The number of nitrogens with zero attached hydrogens (tertiary/aromatic N) is 2. The number of hydrogen-bond acceptors (Lipinski definition) is 2. The van der Waals surface area contributed by atoms with E-state index in [1.807, 2.05) is 10.9 Å². The fourth-order valence-corrected chi connectivity index (χ4v) is 1.84. The first-order valence-electron chi connectivity index (χ1n) is 5.84. The van der Waals surface area contributed by atoms with Crippen molar-refractivity contribution < 1.29 is 0 Å². The van der Waals surface area contributed by atoms with Gasteiger partial charge in [-0.3, -0.25) is 4.68 Å². The Balaban J connectivity index is 2.49. The van der Waals surface area contributed by atoms with Crippen molar-refractivity contribution in [3.63, 3.8) is 0 Å². The second-order valence-electron chi connectivity index (χ2n) is 4.63. The van der Waals surface area contributed by atoms with E-state index in [0.29, 0.717) is 0 Å². The molecule has 0 saturated heterocycles. The van der Waals surface area contributed by atoms with Crippen LogP contribution in [0.25, 0.3) is 0 Å². The maximum absolute atomic E-state index is 4.26. The second kappa shape index (κ2) is 5.31. The molecule has 0 aromatic carbocycles. The summed E-state index contributed by atoms with van der Waals surface area (Å²) in [6.45, 7) is 10.7. The van der Waals surface area contributed by atoms with Crippen LogP contribution in [0, 0.1) is 0 Å². The van der Waals surface area contributed by atoms with Crippen LogP contribution < -0.4 is 5.32 Å². The highest BCUT2D eigenvalue weighted by Gasteiger charge is 2.15. The van der Waals surface area contributed by atoms with Crippen LogP contribution in [-0.2, 0) is 13.1 Å². The highest BCUT2D eigenvalue weighted by molar-refractivity contribution is 5.00. The van der Waals surface area contributed by atoms with E-state index in [2.05, 4.69) is 44.2 Å². The van der Waals surface area contributed by atoms with E-state index < -0.39 is 0 Å². The molecule has 0 fully saturated rings. The average Bonchev–Trinajstić information content (AvgIpc) is 2.62. The van der Waals surface area contributed by atoms with Crippen LogP contribution >= 0.6 is 0 Å². The number of aromatic nitrogens is 2. The van der Waals surface area contributed by atoms with E-state index in [-0.39, 0.29) is 5.54 Å². The van der Waals surface area contributed by atoms with Crippen molar-refractivity contribution in [3.8, 4) is 0 Å². The van der Waals surface area contributed by atoms with Crippen molar-refractivity contribution >= 4 is 0 Å². The number of rotatable bonds is 6. The van der Waals surface area contributed by atoms with E-state index in [4.69, 9.17) is 0 Å². The first kappa shape index (κ1) is 12.2. The summed E-state index contributed by atoms with van der Waals surface area (Å²) >= 11 is 0. The molecule has 1 N–H and O–H groups in total. The first-order chi connectivity index (χ1) is 7.09. The Morgan fingerprint density at radius 2 is 2.13 bits per heavy atom. The molecule has 3 nitrogen and oxygen atoms in total. The van der Waals surface area contributed by atoms with E-state index in [0.717, 1.165) is 13.1 Å². The molecule has 3 heteroatoms. The molecular formula is C12H23N3. The quantitative estimate of drug-likeness (QED) is 0.780. The molecule has 15 heavy (non-hydrogen) atoms. The zero-order chi connectivity index (χ0) is 11.3. The average molecular weight is 209 g/mol. The van der Waals surface area contributed by atoms with Gasteiger partial charge in [0.25, 0.3) is 0 Å². The second-order valence-corrected chi connectivity index (χ2v) is 4.63. The maximum Gasteiger partial charge on any atom is 0.0522 e. The molecule has 0 amide bonds. The Labute approximate surface area is 92.9 Å². The minimum absolute atomic E-state index is 0.220. The lowest BCUT2D eigenvalue weighted by Crippen LogP contribution is -2.38. The van der Waals surface area contributed by atoms with Crippen molar-refractivity contribution in [2.24, 2.45) is 0 Å². The van der Waals surface area contributed by atoms with Gasteiger partial charge in [0.2, 0.25) is 0 Å². The standard InChI is InChI=1S/C12H23N3/c1-5-8-12(3,4)13-10-11-7-9-14-15(11)6-2/h7,9,13H,5-6,8,10H2,1-4H3. The minimum Gasteiger partial charge on any atom is -0.306 e. The van der Waals surface area contributed by atoms with Gasteiger partial charge in [0.15, 0.2) is 0 Å². The lowest BCUT2D eigenvalue weighted by atomic mass is 9.99. The van der Waals surface area contributed by atoms with Crippen molar-refractivity contribution in [1.82, 2.24) is 15.1 Å². The summed E-state index contributed by atoms with van der Waals surface area (Å²) in [7, 11) is 0. The molecule has 0 unspecified atom stereocenters. The smallest absolute Gasteiger partial charge is 0.0522 e. The van der Waals surface area contributed by atoms with Crippen LogP contribution in [0.4, 0.5) is 0 Å². The van der Waals surface area contributed by atoms with Crippen LogP contribution in [0.15, 0.2) is 12.3 Å². The zero-order valence-electron chi connectivity index (χ0n) is 10.4. The van der Waals surface area contributed by atoms with Gasteiger partial charge in [-0.2, -0.15) is 5.10 Å². The van der Waals surface area contributed by atoms with Gasteiger partial charge in [-0.05, 0) is 33.3 Å². The molecular weight excluding hydrogens is 186 g/mol. The predicted octanol–water partition coefficient (Wildman–Crippen LogP) is 2.57. The van der Waals surface area contributed by atoms with Crippen molar-refractivity contribution in [2.45, 2.75) is 59.2 Å². The molecule has 1 rings (SSSR count). The van der Waals surface area contributed by atoms with E-state index in [1.165, 1.54) is 18.5 Å². The van der Waals surface area contributed by atoms with Crippen LogP contribution in [0.5, 0.6) is 0 Å². The molecule has 0 radical (unpaired) electrons. The molecule has 1 aromatic heterocycles. The van der Waals surface area contributed by atoms with Gasteiger partial charge in [-0.15, -0.1) is 0 Å². The van der Waals surface area contributed by atoms with Crippen LogP contribution in [-0.4, -0.2) is 15.3 Å². The summed E-state index contributed by atoms with van der Waals surface area (Å²) in [5.74, 6) is 0. The third-order valence-electron chi connectivity index (χ3n) is 2.73. The molecule has 0 atom stereocenters. The molecule has 0 aliphatic carbocycles. The summed E-state index contributed by atoms with van der Waals surface area (Å²) in [6, 6.07) is 2.08. The maximum atomic E-state index is 4.26. The molecule has 0 spiro atoms. The lowest BCUT2D eigenvalue weighted by Gasteiger charge is -2.26. The molecule has 0 bridgehead atoms. The molecule has 1 aromatic rings. The van der Waals surface area contributed by atoms with E-state index in [1.54, 1.807) is 0 Å². The fourth-order valence-electron chi connectivity index (χ4n) is 1.84. The van der Waals surface area contributed by atoms with Gasteiger partial charge in [0, 0.05) is 24.8 Å². The van der Waals surface area contributed by atoms with Crippen molar-refractivity contribution in [1.29, 1.82) is 0 Å². The van der Waals surface area contributed by atoms with Gasteiger partial charge in [0.1, 0.15) is 0 Å². The predicted molar refractivity (Wildman–Crippen MR) is 63.7 cm³/mol. The topological polar surface area (TPSA) is 29.9 Å². The van der Waals surface area contributed by atoms with E-state index in [9.17, 15) is 0 Å². The monoisotopic (exact) mass is 209 g/mol. The summed E-state index contributed by atoms with van der Waals surface area (Å²) in [6.07, 6.45) is 4.29. The molecule has 0 aliphatic rings. The molecule has 0 aliphatic heterocycles. The van der Waals surface area contributed by atoms with Gasteiger partial charge >= 0.3 is 0 Å². The summed E-state index contributed by atoms with van der Waals surface area (Å²) in [5.41, 5.74) is 1.49. The number of aryl methyl sites for hydroxylation is 1. The Morgan fingerprint density at radius 3 is 2.73 bits per heavy atom. The summed E-state index contributed by atoms with van der Waals surface area (Å²) < 4.78 is 2.04. The van der Waals surface area contributed by atoms with Crippen LogP contribution in [0.3, 0.4) is 0 Å². The van der Waals surface area contributed by atoms with Gasteiger partial charge in [0.05, 0.1) is 5.69 Å². The van der Waals surface area contributed by atoms with Crippen LogP contribution in [0.1, 0.15) is 46.2 Å². The number of nitrogens with one attached hydrogen (secondary N) is 1. The van der Waals surface area contributed by atoms with Gasteiger partial charge < -0.3 is 5.32 Å². The Bertz CT molecular complexity index is 289. The van der Waals surface area contributed by atoms with Gasteiger partial charge in [-0.1, -0.05) is 13.3 Å². The Kier molecular flexibility index (Phi) is 4.33. The van der Waals surface area contributed by atoms with Crippen LogP contribution in [0.2, 0.25) is 0 Å². The molecule has 0 saturated carbocycles. The lowest BCUT2D eigenvalue weighted by molar-refractivity contribution is 0.350. The highest BCUT2D eigenvalue weighted by Crippen LogP contribution is 2.11. The van der Waals surface area contributed by atoms with Gasteiger partial charge in [-0.25, -0.2) is 0 Å². The third-order valence-corrected chi connectivity index (χ3v) is 2.73. The first-order valence-corrected chi connectivity index (χ1v) is 5.84. The molecule has 1 heterocycles. The minimum atomic E-state index is 0.220. The largest absolute Gasteiger partial charge is 0.306 e. The van der Waals surface area contributed by atoms with E-state index >= 15 is 0 Å². The Hall–Kier alpha value is -0.830. The number of hydrogen-bond donors (Lipinski definition) is 1. The SMILES string of the molecule is CCCC(C)(C)NCc1ccnn1CC. The van der Waals surface area contributed by atoms with Crippen molar-refractivity contribution in [3.05, 3.63) is 18.0 Å². The third kappa shape index (κ3) is 3.67. The Morgan fingerprint density at radius 1 is 1.40 bits per heavy atom. The zero-order valence-corrected chi connectivity index (χ0v) is 10.4. The van der Waals surface area contributed by atoms with Crippen molar-refractivity contribution in [2.75, 3.05) is 0 Å². The fraction of sp³-hybridized carbons (Fsp3) is 0.750. The summed E-state index contributed by atoms with van der Waals surface area (Å²) in [5, 5.41) is 7.83. The highest BCUT2D eigenvalue weighted by atomic mass is 15.3. The normalized spacial score (nSPS) is 12.0.